The Morgan fingerprint density at radius 1 is 0.644 bits per heavy atom. The molecule has 0 aliphatic heterocycles. The zero-order chi connectivity index (χ0) is 44.0. The molecular formula is C46H81NO11P+. The molecule has 0 rings (SSSR count). The number of rotatable bonds is 38. The third-order valence-corrected chi connectivity index (χ3v) is 10.1. The number of esters is 2. The molecule has 0 aliphatic rings. The first-order valence-electron chi connectivity index (χ1n) is 22.0. The summed E-state index contributed by atoms with van der Waals surface area (Å²) in [5.41, 5.74) is 0. The lowest BCUT2D eigenvalue weighted by Crippen LogP contribution is -2.37. The number of likely N-dealkylation sites (N-methyl/N-ethyl adjacent to an activating group) is 1. The molecule has 4 N–H and O–H groups in total. The Balaban J connectivity index is 4.75. The number of aliphatic hydroxyl groups is 3. The lowest BCUT2D eigenvalue weighted by atomic mass is 10.1. The van der Waals surface area contributed by atoms with Gasteiger partial charge in [0.25, 0.3) is 0 Å². The van der Waals surface area contributed by atoms with Crippen molar-refractivity contribution in [1.29, 1.82) is 0 Å². The zero-order valence-corrected chi connectivity index (χ0v) is 37.9. The maximum Gasteiger partial charge on any atom is 0.472 e. The van der Waals surface area contributed by atoms with Gasteiger partial charge in [-0.1, -0.05) is 138 Å². The summed E-state index contributed by atoms with van der Waals surface area (Å²) >= 11 is 0. The minimum atomic E-state index is -4.48. The van der Waals surface area contributed by atoms with Crippen LogP contribution in [0.5, 0.6) is 0 Å². The number of carbonyl (C=O) groups is 2. The molecule has 0 aromatic heterocycles. The average molecular weight is 855 g/mol. The standard InChI is InChI=1S/C46H80NO11P/c1-6-8-10-11-12-13-14-15-16-17-18-19-20-25-29-35-45(51)55-39-42(40-57-59(53,54)56-38-37-47(3,4)5)58-46(52)36-30-34-44(50)43(49)33-28-24-22-21-23-27-32-41(48)31-26-9-7-2/h12-13,15-16,21-24,27-28,32-33,41-44,48-50H,6-11,14,17-20,25-26,29-31,34-40H2,1-5H3/p+1/b13-12-,16-15-,23-21-,24-22+,32-27+,33-28+/t41-,42+,43-,44-/m0/s1. The molecule has 0 aromatic carbocycles. The minimum Gasteiger partial charge on any atom is -0.462 e. The molecule has 0 saturated heterocycles. The molecule has 0 saturated carbocycles. The van der Waals surface area contributed by atoms with Crippen LogP contribution < -0.4 is 0 Å². The van der Waals surface area contributed by atoms with Crippen LogP contribution in [0.15, 0.2) is 72.9 Å². The third kappa shape index (κ3) is 39.2. The molecule has 13 heteroatoms. The van der Waals surface area contributed by atoms with Gasteiger partial charge in [-0.05, 0) is 57.8 Å². The number of unbranched alkanes of at least 4 members (excludes halogenated alkanes) is 10. The van der Waals surface area contributed by atoms with Crippen LogP contribution in [-0.4, -0.2) is 109 Å². The van der Waals surface area contributed by atoms with Gasteiger partial charge in [-0.2, -0.15) is 0 Å². The van der Waals surface area contributed by atoms with E-state index in [0.29, 0.717) is 17.4 Å². The SMILES string of the molecule is CCCCC/C=C\C/C=C\CCCCCCCC(=O)OC[C@H](COP(=O)(O)OCC[N+](C)(C)C)OC(=O)CCC[C@H](O)[C@@H](O)/C=C/C=C/C=C\C=C\[C@@H](O)CCCCC. The Kier molecular flexibility index (Phi) is 35.4. The van der Waals surface area contributed by atoms with E-state index >= 15 is 0 Å². The van der Waals surface area contributed by atoms with Gasteiger partial charge in [0.15, 0.2) is 6.10 Å². The number of ether oxygens (including phenoxy) is 2. The van der Waals surface area contributed by atoms with Crippen molar-refractivity contribution in [1.82, 2.24) is 0 Å². The number of phosphoric acid groups is 1. The van der Waals surface area contributed by atoms with Gasteiger partial charge >= 0.3 is 19.8 Å². The smallest absolute Gasteiger partial charge is 0.462 e. The predicted molar refractivity (Wildman–Crippen MR) is 237 cm³/mol. The minimum absolute atomic E-state index is 0.0380. The summed E-state index contributed by atoms with van der Waals surface area (Å²) in [6.45, 7) is 3.85. The fourth-order valence-electron chi connectivity index (χ4n) is 5.43. The largest absolute Gasteiger partial charge is 0.472 e. The van der Waals surface area contributed by atoms with Gasteiger partial charge in [0.1, 0.15) is 19.8 Å². The van der Waals surface area contributed by atoms with Crippen LogP contribution in [-0.2, 0) is 32.7 Å². The highest BCUT2D eigenvalue weighted by Crippen LogP contribution is 2.43. The average Bonchev–Trinajstić information content (AvgIpc) is 3.17. The van der Waals surface area contributed by atoms with Gasteiger partial charge in [-0.15, -0.1) is 0 Å². The summed E-state index contributed by atoms with van der Waals surface area (Å²) in [7, 11) is 1.24. The van der Waals surface area contributed by atoms with E-state index in [2.05, 4.69) is 38.2 Å². The highest BCUT2D eigenvalue weighted by Gasteiger charge is 2.27. The van der Waals surface area contributed by atoms with E-state index in [1.54, 1.807) is 42.5 Å². The second-order valence-electron chi connectivity index (χ2n) is 15.9. The van der Waals surface area contributed by atoms with Crippen molar-refractivity contribution in [3.63, 3.8) is 0 Å². The van der Waals surface area contributed by atoms with E-state index < -0.39 is 50.8 Å². The highest BCUT2D eigenvalue weighted by atomic mass is 31.2. The Bertz CT molecular complexity index is 1290. The molecule has 1 unspecified atom stereocenters. The fourth-order valence-corrected chi connectivity index (χ4v) is 6.17. The summed E-state index contributed by atoms with van der Waals surface area (Å²) in [5.74, 6) is -1.15. The lowest BCUT2D eigenvalue weighted by Gasteiger charge is -2.24. The topological polar surface area (TPSA) is 169 Å². The van der Waals surface area contributed by atoms with Crippen LogP contribution in [0.25, 0.3) is 0 Å². The number of allylic oxidation sites excluding steroid dienone is 10. The molecule has 12 nitrogen and oxygen atoms in total. The number of quaternary nitrogens is 1. The van der Waals surface area contributed by atoms with Gasteiger partial charge in [0, 0.05) is 12.8 Å². The van der Waals surface area contributed by atoms with Gasteiger partial charge in [0.05, 0.1) is 46.1 Å². The predicted octanol–water partition coefficient (Wildman–Crippen LogP) is 9.15. The molecule has 0 spiro atoms. The Hall–Kier alpha value is -2.67. The number of hydrogen-bond donors (Lipinski definition) is 4. The van der Waals surface area contributed by atoms with E-state index in [1.807, 2.05) is 21.1 Å². The van der Waals surface area contributed by atoms with Crippen molar-refractivity contribution in [2.75, 3.05) is 47.5 Å². The van der Waals surface area contributed by atoms with Crippen LogP contribution in [0, 0.1) is 0 Å². The zero-order valence-electron chi connectivity index (χ0n) is 37.0. The number of aliphatic hydroxyl groups excluding tert-OH is 3. The van der Waals surface area contributed by atoms with E-state index in [0.717, 1.165) is 70.6 Å². The molecule has 5 atom stereocenters. The van der Waals surface area contributed by atoms with Gasteiger partial charge in [-0.3, -0.25) is 18.6 Å². The fraction of sp³-hybridized carbons (Fsp3) is 0.696. The van der Waals surface area contributed by atoms with E-state index in [1.165, 1.54) is 25.3 Å². The molecule has 0 aromatic rings. The van der Waals surface area contributed by atoms with Crippen LogP contribution in [0.3, 0.4) is 0 Å². The highest BCUT2D eigenvalue weighted by molar-refractivity contribution is 7.47. The third-order valence-electron chi connectivity index (χ3n) is 9.08. The van der Waals surface area contributed by atoms with E-state index in [9.17, 15) is 34.4 Å². The van der Waals surface area contributed by atoms with Crippen LogP contribution in [0.4, 0.5) is 0 Å². The quantitative estimate of drug-likeness (QED) is 0.0117. The summed E-state index contributed by atoms with van der Waals surface area (Å²) in [5, 5.41) is 30.6. The van der Waals surface area contributed by atoms with Crippen molar-refractivity contribution in [2.24, 2.45) is 0 Å². The van der Waals surface area contributed by atoms with Crippen LogP contribution in [0.1, 0.15) is 136 Å². The maximum atomic E-state index is 12.7. The summed E-state index contributed by atoms with van der Waals surface area (Å²) < 4.78 is 34.0. The first kappa shape index (κ1) is 56.3. The van der Waals surface area contributed by atoms with Gasteiger partial charge in [-0.25, -0.2) is 4.57 Å². The monoisotopic (exact) mass is 855 g/mol. The number of hydrogen-bond acceptors (Lipinski definition) is 10. The molecule has 0 radical (unpaired) electrons. The Labute approximate surface area is 356 Å². The molecule has 0 bridgehead atoms. The van der Waals surface area contributed by atoms with Crippen molar-refractivity contribution < 1.29 is 57.4 Å². The first-order valence-corrected chi connectivity index (χ1v) is 23.5. The molecule has 0 amide bonds. The summed E-state index contributed by atoms with van der Waals surface area (Å²) in [6.07, 6.45) is 34.6. The Morgan fingerprint density at radius 3 is 1.88 bits per heavy atom. The lowest BCUT2D eigenvalue weighted by molar-refractivity contribution is -0.870. The first-order chi connectivity index (χ1) is 28.2. The molecule has 340 valence electrons. The van der Waals surface area contributed by atoms with E-state index in [4.69, 9.17) is 18.5 Å². The summed E-state index contributed by atoms with van der Waals surface area (Å²) in [6, 6.07) is 0. The second kappa shape index (κ2) is 37.1. The molecule has 0 fully saturated rings. The van der Waals surface area contributed by atoms with E-state index in [-0.39, 0.29) is 38.9 Å². The molecule has 59 heavy (non-hydrogen) atoms. The van der Waals surface area contributed by atoms with Crippen molar-refractivity contribution in [3.8, 4) is 0 Å². The number of phosphoric ester groups is 1. The van der Waals surface area contributed by atoms with Crippen LogP contribution in [0.2, 0.25) is 0 Å². The molecule has 0 heterocycles. The number of nitrogens with zero attached hydrogens (tertiary/aromatic N) is 1. The van der Waals surface area contributed by atoms with Crippen LogP contribution >= 0.6 is 7.82 Å². The Morgan fingerprint density at radius 2 is 1.22 bits per heavy atom. The number of carbonyl (C=O) groups excluding carboxylic acids is 2. The maximum absolute atomic E-state index is 12.7. The van der Waals surface area contributed by atoms with Gasteiger partial charge < -0.3 is 34.2 Å². The summed E-state index contributed by atoms with van der Waals surface area (Å²) in [4.78, 5) is 35.4. The molecule has 0 aliphatic carbocycles. The second-order valence-corrected chi connectivity index (χ2v) is 17.4. The van der Waals surface area contributed by atoms with Crippen molar-refractivity contribution >= 4 is 19.8 Å². The van der Waals surface area contributed by atoms with Crippen molar-refractivity contribution in [2.45, 2.75) is 160 Å². The molecular weight excluding hydrogens is 773 g/mol. The van der Waals surface area contributed by atoms with Gasteiger partial charge in [0.2, 0.25) is 0 Å². The normalized spacial score (nSPS) is 15.9. The van der Waals surface area contributed by atoms with Crippen molar-refractivity contribution in [3.05, 3.63) is 72.9 Å².